The molecule has 28 heavy (non-hydrogen) atoms. The summed E-state index contributed by atoms with van der Waals surface area (Å²) in [5.41, 5.74) is 5.58. The van der Waals surface area contributed by atoms with E-state index >= 15 is 0 Å². The number of aromatic nitrogens is 1. The Kier molecular flexibility index (Phi) is 6.45. The molecule has 1 aliphatic heterocycles. The molecular weight excluding hydrogens is 503 g/mol. The molecule has 0 bridgehead atoms. The first-order chi connectivity index (χ1) is 13.7. The van der Waals surface area contributed by atoms with Crippen molar-refractivity contribution in [3.63, 3.8) is 0 Å². The molecule has 0 spiro atoms. The monoisotopic (exact) mass is 522 g/mol. The van der Waals surface area contributed by atoms with Crippen molar-refractivity contribution in [3.05, 3.63) is 82.5 Å². The molecule has 6 heteroatoms. The third kappa shape index (κ3) is 4.17. The standard InChI is InChI=1S/C22H20ClIN2OS/c1-2-27-22-13-19(15-7-4-3-5-8-15)25-20-12-21(26(28-24)14-18(20)22)16-9-6-10-17(23)11-16/h3-11,13,21H,2,12,14H2,1H3/t21-/m0/s1. The van der Waals surface area contributed by atoms with E-state index in [0.717, 1.165) is 40.7 Å². The van der Waals surface area contributed by atoms with Crippen molar-refractivity contribution >= 4 is 41.9 Å². The van der Waals surface area contributed by atoms with Crippen molar-refractivity contribution in [1.82, 2.24) is 9.29 Å². The van der Waals surface area contributed by atoms with Crippen LogP contribution in [0.4, 0.5) is 0 Å². The predicted molar refractivity (Wildman–Crippen MR) is 126 cm³/mol. The molecule has 0 fully saturated rings. The molecule has 3 aromatic rings. The van der Waals surface area contributed by atoms with Gasteiger partial charge in [-0.3, -0.25) is 4.98 Å². The number of halogens is 2. The van der Waals surface area contributed by atoms with Gasteiger partial charge >= 0.3 is 0 Å². The zero-order valence-electron chi connectivity index (χ0n) is 15.4. The maximum atomic E-state index is 6.26. The third-order valence-corrected chi connectivity index (χ3v) is 7.22. The largest absolute Gasteiger partial charge is 0.493 e. The Bertz CT molecular complexity index is 970. The molecule has 0 radical (unpaired) electrons. The molecular formula is C22H20ClIN2OS. The summed E-state index contributed by atoms with van der Waals surface area (Å²) >= 11 is 8.62. The van der Waals surface area contributed by atoms with Gasteiger partial charge in [-0.05, 0) is 33.7 Å². The summed E-state index contributed by atoms with van der Waals surface area (Å²) in [7, 11) is 1.72. The van der Waals surface area contributed by atoms with Crippen LogP contribution < -0.4 is 4.74 Å². The van der Waals surface area contributed by atoms with Crippen LogP contribution in [0.15, 0.2) is 60.7 Å². The van der Waals surface area contributed by atoms with Crippen LogP contribution in [0, 0.1) is 0 Å². The normalized spacial score (nSPS) is 16.6. The fourth-order valence-corrected chi connectivity index (χ4v) is 5.51. The Morgan fingerprint density at radius 1 is 1.18 bits per heavy atom. The number of ether oxygens (including phenoxy) is 1. The average molecular weight is 523 g/mol. The van der Waals surface area contributed by atoms with Gasteiger partial charge in [0.25, 0.3) is 0 Å². The van der Waals surface area contributed by atoms with Gasteiger partial charge in [0.2, 0.25) is 0 Å². The molecule has 3 nitrogen and oxygen atoms in total. The Balaban J connectivity index is 1.79. The highest BCUT2D eigenvalue weighted by atomic mass is 127. The van der Waals surface area contributed by atoms with Crippen LogP contribution in [-0.2, 0) is 13.0 Å². The van der Waals surface area contributed by atoms with Gasteiger partial charge in [-0.15, -0.1) is 0 Å². The summed E-state index contributed by atoms with van der Waals surface area (Å²) in [6.07, 6.45) is 0.826. The Hall–Kier alpha value is -1.28. The number of hydrogen-bond acceptors (Lipinski definition) is 4. The van der Waals surface area contributed by atoms with Crippen LogP contribution in [-0.4, -0.2) is 15.9 Å². The first-order valence-electron chi connectivity index (χ1n) is 9.21. The number of pyridine rings is 1. The van der Waals surface area contributed by atoms with Gasteiger partial charge in [-0.25, -0.2) is 4.31 Å². The number of rotatable bonds is 5. The van der Waals surface area contributed by atoms with Crippen LogP contribution in [0.5, 0.6) is 5.75 Å². The lowest BCUT2D eigenvalue weighted by Gasteiger charge is -2.35. The maximum absolute atomic E-state index is 6.26. The van der Waals surface area contributed by atoms with E-state index in [1.54, 1.807) is 9.12 Å². The first-order valence-corrected chi connectivity index (χ1v) is 12.9. The Morgan fingerprint density at radius 2 is 2.00 bits per heavy atom. The van der Waals surface area contributed by atoms with Gasteiger partial charge in [0.05, 0.1) is 24.0 Å². The molecule has 0 saturated carbocycles. The lowest BCUT2D eigenvalue weighted by molar-refractivity contribution is 0.298. The van der Waals surface area contributed by atoms with Gasteiger partial charge < -0.3 is 4.74 Å². The van der Waals surface area contributed by atoms with E-state index in [-0.39, 0.29) is 6.04 Å². The highest BCUT2D eigenvalue weighted by Gasteiger charge is 2.31. The van der Waals surface area contributed by atoms with Gasteiger partial charge in [-0.2, -0.15) is 0 Å². The highest BCUT2D eigenvalue weighted by molar-refractivity contribution is 14.2. The Labute approximate surface area is 187 Å². The van der Waals surface area contributed by atoms with Crippen LogP contribution in [0.2, 0.25) is 5.02 Å². The minimum atomic E-state index is 0.223. The summed E-state index contributed by atoms with van der Waals surface area (Å²) in [6.45, 7) is 3.45. The second kappa shape index (κ2) is 9.03. The molecule has 0 amide bonds. The molecule has 2 aromatic carbocycles. The van der Waals surface area contributed by atoms with E-state index in [9.17, 15) is 0 Å². The summed E-state index contributed by atoms with van der Waals surface area (Å²) in [5.74, 6) is 0.936. The SMILES string of the molecule is CCOc1cc(-c2ccccc2)nc2c1CN(SI)[C@H](c1cccc(Cl)c1)C2. The Morgan fingerprint density at radius 3 is 2.71 bits per heavy atom. The minimum Gasteiger partial charge on any atom is -0.493 e. The number of benzene rings is 2. The van der Waals surface area contributed by atoms with Crippen molar-refractivity contribution in [2.75, 3.05) is 6.61 Å². The van der Waals surface area contributed by atoms with E-state index in [0.29, 0.717) is 6.61 Å². The van der Waals surface area contributed by atoms with Crippen molar-refractivity contribution < 1.29 is 4.74 Å². The van der Waals surface area contributed by atoms with Crippen LogP contribution in [0.3, 0.4) is 0 Å². The van der Waals surface area contributed by atoms with Crippen LogP contribution >= 0.6 is 41.9 Å². The minimum absolute atomic E-state index is 0.223. The zero-order valence-corrected chi connectivity index (χ0v) is 19.2. The maximum Gasteiger partial charge on any atom is 0.127 e. The molecule has 0 unspecified atom stereocenters. The molecule has 144 valence electrons. The second-order valence-electron chi connectivity index (χ2n) is 6.65. The summed E-state index contributed by atoms with van der Waals surface area (Å²) in [6, 6.07) is 20.7. The van der Waals surface area contributed by atoms with Gasteiger partial charge in [0.1, 0.15) is 5.75 Å². The summed E-state index contributed by atoms with van der Waals surface area (Å²) < 4.78 is 8.40. The van der Waals surface area contributed by atoms with Crippen molar-refractivity contribution in [1.29, 1.82) is 0 Å². The van der Waals surface area contributed by atoms with E-state index < -0.39 is 0 Å². The quantitative estimate of drug-likeness (QED) is 0.269. The molecule has 1 aliphatic rings. The van der Waals surface area contributed by atoms with Crippen molar-refractivity contribution in [3.8, 4) is 17.0 Å². The smallest absolute Gasteiger partial charge is 0.127 e. The fourth-order valence-electron chi connectivity index (χ4n) is 3.60. The van der Waals surface area contributed by atoms with E-state index in [1.807, 2.05) is 37.3 Å². The molecule has 2 heterocycles. The number of nitrogens with zero attached hydrogens (tertiary/aromatic N) is 2. The number of hydrogen-bond donors (Lipinski definition) is 0. The van der Waals surface area contributed by atoms with Gasteiger partial charge in [0.15, 0.2) is 0 Å². The van der Waals surface area contributed by atoms with Crippen molar-refractivity contribution in [2.45, 2.75) is 25.9 Å². The molecule has 1 aromatic heterocycles. The van der Waals surface area contributed by atoms with E-state index in [1.165, 1.54) is 11.1 Å². The summed E-state index contributed by atoms with van der Waals surface area (Å²) in [5, 5.41) is 0.766. The molecule has 0 saturated heterocycles. The molecule has 4 rings (SSSR count). The van der Waals surface area contributed by atoms with Crippen LogP contribution in [0.1, 0.15) is 29.8 Å². The van der Waals surface area contributed by atoms with Gasteiger partial charge in [-0.1, -0.05) is 54.1 Å². The second-order valence-corrected chi connectivity index (χ2v) is 8.87. The predicted octanol–water partition coefficient (Wildman–Crippen LogP) is 6.90. The number of fused-ring (bicyclic) bond motifs is 1. The van der Waals surface area contributed by atoms with Crippen LogP contribution in [0.25, 0.3) is 11.3 Å². The molecule has 0 N–H and O–H groups in total. The highest BCUT2D eigenvalue weighted by Crippen LogP contribution is 2.43. The average Bonchev–Trinajstić information content (AvgIpc) is 2.73. The lowest BCUT2D eigenvalue weighted by Crippen LogP contribution is -2.29. The topological polar surface area (TPSA) is 25.4 Å². The fraction of sp³-hybridized carbons (Fsp3) is 0.227. The summed E-state index contributed by atoms with van der Waals surface area (Å²) in [4.78, 5) is 5.04. The third-order valence-electron chi connectivity index (χ3n) is 4.91. The molecule has 0 aliphatic carbocycles. The lowest BCUT2D eigenvalue weighted by atomic mass is 9.94. The first kappa shape index (κ1) is 20.0. The zero-order chi connectivity index (χ0) is 19.5. The molecule has 1 atom stereocenters. The van der Waals surface area contributed by atoms with E-state index in [2.05, 4.69) is 55.8 Å². The van der Waals surface area contributed by atoms with E-state index in [4.69, 9.17) is 21.3 Å². The van der Waals surface area contributed by atoms with Crippen molar-refractivity contribution in [2.24, 2.45) is 0 Å². The van der Waals surface area contributed by atoms with Gasteiger partial charge in [0, 0.05) is 56.4 Å².